The maximum atomic E-state index is 5.74. The number of nitrogens with two attached hydrogens (primary N) is 1. The van der Waals surface area contributed by atoms with Crippen molar-refractivity contribution in [1.29, 1.82) is 0 Å². The summed E-state index contributed by atoms with van der Waals surface area (Å²) in [6.07, 6.45) is 0. The Morgan fingerprint density at radius 3 is 2.26 bits per heavy atom. The van der Waals surface area contributed by atoms with E-state index in [0.29, 0.717) is 0 Å². The van der Waals surface area contributed by atoms with Gasteiger partial charge in [0.15, 0.2) is 0 Å². The van der Waals surface area contributed by atoms with E-state index in [1.54, 1.807) is 7.11 Å². The van der Waals surface area contributed by atoms with Gasteiger partial charge < -0.3 is 10.5 Å². The minimum atomic E-state index is 0.287. The Morgan fingerprint density at radius 1 is 1.00 bits per heavy atom. The summed E-state index contributed by atoms with van der Waals surface area (Å²) in [5.41, 5.74) is 11.8. The summed E-state index contributed by atoms with van der Waals surface area (Å²) >= 11 is 0. The number of ether oxygens (including phenoxy) is 1. The molecule has 4 heteroatoms. The lowest BCUT2D eigenvalue weighted by molar-refractivity contribution is 0.412. The number of benzene rings is 1. The van der Waals surface area contributed by atoms with Crippen LogP contribution in [0.1, 0.15) is 22.4 Å². The van der Waals surface area contributed by atoms with E-state index in [1.165, 1.54) is 5.56 Å². The second kappa shape index (κ2) is 4.88. The van der Waals surface area contributed by atoms with Crippen LogP contribution in [0.15, 0.2) is 12.1 Å². The average Bonchev–Trinajstić information content (AvgIpc) is 2.31. The Bertz CT molecular complexity index is 616. The highest BCUT2D eigenvalue weighted by atomic mass is 16.5. The second-order valence-corrected chi connectivity index (χ2v) is 4.80. The molecular formula is C15H19N3O. The molecule has 2 aromatic rings. The third kappa shape index (κ3) is 2.38. The zero-order chi connectivity index (χ0) is 14.2. The van der Waals surface area contributed by atoms with E-state index in [0.717, 1.165) is 33.8 Å². The van der Waals surface area contributed by atoms with Crippen LogP contribution in [-0.2, 0) is 0 Å². The van der Waals surface area contributed by atoms with Gasteiger partial charge in [0.1, 0.15) is 5.75 Å². The fourth-order valence-electron chi connectivity index (χ4n) is 2.34. The number of hydrogen-bond donors (Lipinski definition) is 1. The van der Waals surface area contributed by atoms with E-state index in [-0.39, 0.29) is 5.95 Å². The second-order valence-electron chi connectivity index (χ2n) is 4.80. The van der Waals surface area contributed by atoms with Crippen LogP contribution < -0.4 is 10.5 Å². The molecule has 0 saturated carbocycles. The first-order valence-electron chi connectivity index (χ1n) is 6.20. The van der Waals surface area contributed by atoms with E-state index >= 15 is 0 Å². The molecule has 0 fully saturated rings. The van der Waals surface area contributed by atoms with E-state index in [1.807, 2.05) is 13.0 Å². The van der Waals surface area contributed by atoms with E-state index in [2.05, 4.69) is 36.8 Å². The maximum Gasteiger partial charge on any atom is 0.220 e. The molecule has 0 bridgehead atoms. The SMILES string of the molecule is COc1c(C)c(C)cc(C)c1-c1cc(C)nc(N)n1. The highest BCUT2D eigenvalue weighted by molar-refractivity contribution is 5.74. The number of aryl methyl sites for hydroxylation is 3. The van der Waals surface area contributed by atoms with Crippen LogP contribution in [0.5, 0.6) is 5.75 Å². The van der Waals surface area contributed by atoms with Crippen molar-refractivity contribution in [3.05, 3.63) is 34.5 Å². The van der Waals surface area contributed by atoms with Crippen molar-refractivity contribution in [3.63, 3.8) is 0 Å². The molecule has 0 aliphatic heterocycles. The monoisotopic (exact) mass is 257 g/mol. The molecule has 1 aromatic carbocycles. The van der Waals surface area contributed by atoms with Gasteiger partial charge in [0, 0.05) is 11.3 Å². The Kier molecular flexibility index (Phi) is 3.42. The maximum absolute atomic E-state index is 5.74. The van der Waals surface area contributed by atoms with E-state index in [9.17, 15) is 0 Å². The Hall–Kier alpha value is -2.10. The molecule has 0 spiro atoms. The van der Waals surface area contributed by atoms with Crippen molar-refractivity contribution < 1.29 is 4.74 Å². The normalized spacial score (nSPS) is 10.6. The number of nitrogens with zero attached hydrogens (tertiary/aromatic N) is 2. The molecule has 2 N–H and O–H groups in total. The predicted molar refractivity (Wildman–Crippen MR) is 77.4 cm³/mol. The van der Waals surface area contributed by atoms with Gasteiger partial charge >= 0.3 is 0 Å². The van der Waals surface area contributed by atoms with Crippen LogP contribution in [0.25, 0.3) is 11.3 Å². The van der Waals surface area contributed by atoms with Gasteiger partial charge in [-0.1, -0.05) is 6.07 Å². The fraction of sp³-hybridized carbons (Fsp3) is 0.333. The van der Waals surface area contributed by atoms with Crippen LogP contribution in [0, 0.1) is 27.7 Å². The molecule has 0 unspecified atom stereocenters. The molecule has 4 nitrogen and oxygen atoms in total. The first-order valence-corrected chi connectivity index (χ1v) is 6.20. The quantitative estimate of drug-likeness (QED) is 0.898. The molecule has 0 radical (unpaired) electrons. The zero-order valence-corrected chi connectivity index (χ0v) is 12.0. The molecule has 1 aromatic heterocycles. The smallest absolute Gasteiger partial charge is 0.220 e. The first kappa shape index (κ1) is 13.3. The molecule has 1 heterocycles. The summed E-state index contributed by atoms with van der Waals surface area (Å²) in [5.74, 6) is 1.14. The van der Waals surface area contributed by atoms with Crippen LogP contribution >= 0.6 is 0 Å². The minimum absolute atomic E-state index is 0.287. The van der Waals surface area contributed by atoms with E-state index in [4.69, 9.17) is 10.5 Å². The number of anilines is 1. The van der Waals surface area contributed by atoms with Gasteiger partial charge in [-0.05, 0) is 50.5 Å². The van der Waals surface area contributed by atoms with Gasteiger partial charge in [0.2, 0.25) is 5.95 Å². The van der Waals surface area contributed by atoms with Crippen LogP contribution in [0.2, 0.25) is 0 Å². The summed E-state index contributed by atoms with van der Waals surface area (Å²) in [6, 6.07) is 4.07. The van der Waals surface area contributed by atoms with Crippen molar-refractivity contribution >= 4 is 5.95 Å². The molecule has 100 valence electrons. The van der Waals surface area contributed by atoms with Crippen molar-refractivity contribution in [2.75, 3.05) is 12.8 Å². The number of methoxy groups -OCH3 is 1. The minimum Gasteiger partial charge on any atom is -0.496 e. The van der Waals surface area contributed by atoms with Gasteiger partial charge in [0.25, 0.3) is 0 Å². The molecule has 0 atom stereocenters. The van der Waals surface area contributed by atoms with Gasteiger partial charge in [-0.25, -0.2) is 9.97 Å². The molecule has 0 amide bonds. The van der Waals surface area contributed by atoms with Crippen LogP contribution in [0.3, 0.4) is 0 Å². The molecule has 0 saturated heterocycles. The topological polar surface area (TPSA) is 61.0 Å². The molecule has 19 heavy (non-hydrogen) atoms. The molecule has 2 rings (SSSR count). The van der Waals surface area contributed by atoms with Crippen molar-refractivity contribution in [3.8, 4) is 17.0 Å². The number of hydrogen-bond acceptors (Lipinski definition) is 4. The summed E-state index contributed by atoms with van der Waals surface area (Å²) in [4.78, 5) is 8.44. The van der Waals surface area contributed by atoms with Crippen molar-refractivity contribution in [1.82, 2.24) is 9.97 Å². The predicted octanol–water partition coefficient (Wildman–Crippen LogP) is 2.97. The van der Waals surface area contributed by atoms with E-state index < -0.39 is 0 Å². The number of nitrogen functional groups attached to an aromatic ring is 1. The fourth-order valence-corrected chi connectivity index (χ4v) is 2.34. The molecular weight excluding hydrogens is 238 g/mol. The lowest BCUT2D eigenvalue weighted by Gasteiger charge is -2.16. The lowest BCUT2D eigenvalue weighted by atomic mass is 9.96. The Balaban J connectivity index is 2.77. The average molecular weight is 257 g/mol. The Morgan fingerprint density at radius 2 is 1.68 bits per heavy atom. The highest BCUT2D eigenvalue weighted by Crippen LogP contribution is 2.37. The lowest BCUT2D eigenvalue weighted by Crippen LogP contribution is -2.02. The first-order chi connectivity index (χ1) is 8.93. The third-order valence-electron chi connectivity index (χ3n) is 3.32. The number of rotatable bonds is 2. The third-order valence-corrected chi connectivity index (χ3v) is 3.32. The zero-order valence-electron chi connectivity index (χ0n) is 12.0. The largest absolute Gasteiger partial charge is 0.496 e. The molecule has 0 aliphatic rings. The summed E-state index contributed by atoms with van der Waals surface area (Å²) in [7, 11) is 1.68. The standard InChI is InChI=1S/C15H19N3O/c1-8-6-9(2)13(14(19-5)11(8)4)12-7-10(3)17-15(16)18-12/h6-7H,1-5H3,(H2,16,17,18). The van der Waals surface area contributed by atoms with Gasteiger partial charge in [-0.3, -0.25) is 0 Å². The number of aromatic nitrogens is 2. The van der Waals surface area contributed by atoms with Crippen LogP contribution in [-0.4, -0.2) is 17.1 Å². The summed E-state index contributed by atoms with van der Waals surface area (Å²) in [5, 5.41) is 0. The van der Waals surface area contributed by atoms with Crippen molar-refractivity contribution in [2.24, 2.45) is 0 Å². The van der Waals surface area contributed by atoms with Gasteiger partial charge in [0.05, 0.1) is 12.8 Å². The van der Waals surface area contributed by atoms with Gasteiger partial charge in [-0.15, -0.1) is 0 Å². The highest BCUT2D eigenvalue weighted by Gasteiger charge is 2.16. The van der Waals surface area contributed by atoms with Crippen LogP contribution in [0.4, 0.5) is 5.95 Å². The summed E-state index contributed by atoms with van der Waals surface area (Å²) < 4.78 is 5.57. The van der Waals surface area contributed by atoms with Gasteiger partial charge in [-0.2, -0.15) is 0 Å². The summed E-state index contributed by atoms with van der Waals surface area (Å²) in [6.45, 7) is 8.09. The van der Waals surface area contributed by atoms with Crippen molar-refractivity contribution in [2.45, 2.75) is 27.7 Å². The molecule has 0 aliphatic carbocycles. The Labute approximate surface area is 113 Å².